The van der Waals surface area contributed by atoms with Crippen LogP contribution in [0.1, 0.15) is 5.56 Å². The third-order valence-electron chi connectivity index (χ3n) is 4.53. The van der Waals surface area contributed by atoms with Crippen LogP contribution in [-0.4, -0.2) is 4.92 Å². The first kappa shape index (κ1) is 15.3. The van der Waals surface area contributed by atoms with Crippen molar-refractivity contribution in [1.82, 2.24) is 0 Å². The Morgan fingerprint density at radius 3 is 2.00 bits per heavy atom. The Morgan fingerprint density at radius 1 is 0.880 bits per heavy atom. The lowest BCUT2D eigenvalue weighted by atomic mass is 9.90. The molecule has 0 aliphatic rings. The molecule has 4 aromatic carbocycles. The van der Waals surface area contributed by atoms with Crippen LogP contribution < -0.4 is 0 Å². The molecule has 25 heavy (non-hydrogen) atoms. The number of nitro groups is 1. The topological polar surface area (TPSA) is 43.1 Å². The number of nitro benzene ring substituents is 1. The first-order chi connectivity index (χ1) is 12.1. The van der Waals surface area contributed by atoms with Crippen molar-refractivity contribution < 1.29 is 9.31 Å². The molecule has 0 N–H and O–H groups in total. The van der Waals surface area contributed by atoms with Crippen molar-refractivity contribution >= 4 is 27.2 Å². The third-order valence-corrected chi connectivity index (χ3v) is 4.53. The van der Waals surface area contributed by atoms with Crippen molar-refractivity contribution in [2.24, 2.45) is 0 Å². The number of benzene rings is 4. The molecular formula is C21H14FNO2. The van der Waals surface area contributed by atoms with Crippen LogP contribution in [0.15, 0.2) is 66.7 Å². The molecule has 122 valence electrons. The lowest BCUT2D eigenvalue weighted by molar-refractivity contribution is -0.387. The van der Waals surface area contributed by atoms with Gasteiger partial charge in [0.05, 0.1) is 4.92 Å². The summed E-state index contributed by atoms with van der Waals surface area (Å²) in [6, 6.07) is 20.5. The highest BCUT2D eigenvalue weighted by atomic mass is 19.1. The Morgan fingerprint density at radius 2 is 1.44 bits per heavy atom. The van der Waals surface area contributed by atoms with Gasteiger partial charge in [-0.2, -0.15) is 4.39 Å². The monoisotopic (exact) mass is 331 g/mol. The summed E-state index contributed by atoms with van der Waals surface area (Å²) in [4.78, 5) is 10.3. The van der Waals surface area contributed by atoms with Crippen molar-refractivity contribution in [3.8, 4) is 11.1 Å². The molecule has 0 heterocycles. The zero-order valence-electron chi connectivity index (χ0n) is 13.5. The van der Waals surface area contributed by atoms with Gasteiger partial charge in [-0.05, 0) is 57.3 Å². The quantitative estimate of drug-likeness (QED) is 0.256. The number of halogens is 1. The molecule has 0 saturated carbocycles. The molecule has 0 aromatic heterocycles. The summed E-state index contributed by atoms with van der Waals surface area (Å²) in [5.74, 6) is -0.817. The molecule has 0 amide bonds. The van der Waals surface area contributed by atoms with E-state index in [1.807, 2.05) is 48.5 Å². The van der Waals surface area contributed by atoms with Gasteiger partial charge in [0.15, 0.2) is 0 Å². The Kier molecular flexibility index (Phi) is 3.46. The van der Waals surface area contributed by atoms with E-state index in [2.05, 4.69) is 6.07 Å². The molecule has 0 spiro atoms. The molecule has 0 aliphatic heterocycles. The van der Waals surface area contributed by atoms with Crippen LogP contribution in [0.3, 0.4) is 0 Å². The minimum absolute atomic E-state index is 0.495. The molecule has 4 rings (SSSR count). The van der Waals surface area contributed by atoms with E-state index in [0.29, 0.717) is 11.1 Å². The number of aryl methyl sites for hydroxylation is 1. The molecular weight excluding hydrogens is 317 g/mol. The van der Waals surface area contributed by atoms with E-state index < -0.39 is 16.4 Å². The van der Waals surface area contributed by atoms with Gasteiger partial charge in [-0.1, -0.05) is 48.5 Å². The molecule has 0 aliphatic carbocycles. The second-order valence-corrected chi connectivity index (χ2v) is 6.07. The minimum Gasteiger partial charge on any atom is -0.258 e. The van der Waals surface area contributed by atoms with Crippen molar-refractivity contribution in [2.45, 2.75) is 6.92 Å². The zero-order valence-corrected chi connectivity index (χ0v) is 13.5. The molecule has 0 atom stereocenters. The van der Waals surface area contributed by atoms with Gasteiger partial charge in [-0.25, -0.2) is 0 Å². The fraction of sp³-hybridized carbons (Fsp3) is 0.0476. The Bertz CT molecular complexity index is 1100. The van der Waals surface area contributed by atoms with E-state index in [-0.39, 0.29) is 0 Å². The van der Waals surface area contributed by atoms with Gasteiger partial charge in [-0.15, -0.1) is 0 Å². The van der Waals surface area contributed by atoms with E-state index >= 15 is 0 Å². The molecule has 0 radical (unpaired) electrons. The standard InChI is InChI=1S/C21H14FNO2/c1-13-10-20(23(24)25)19(22)12-18(13)21-16-8-4-2-6-14(16)11-15-7-3-5-9-17(15)21/h2-12H,1H3. The van der Waals surface area contributed by atoms with E-state index in [4.69, 9.17) is 0 Å². The second-order valence-electron chi connectivity index (χ2n) is 6.07. The minimum atomic E-state index is -0.817. The fourth-order valence-corrected chi connectivity index (χ4v) is 3.38. The zero-order chi connectivity index (χ0) is 17.6. The SMILES string of the molecule is Cc1cc([N+](=O)[O-])c(F)cc1-c1c2ccccc2cc2ccccc12. The summed E-state index contributed by atoms with van der Waals surface area (Å²) >= 11 is 0. The summed E-state index contributed by atoms with van der Waals surface area (Å²) < 4.78 is 14.3. The lowest BCUT2D eigenvalue weighted by Gasteiger charge is -2.14. The van der Waals surface area contributed by atoms with Crippen LogP contribution >= 0.6 is 0 Å². The summed E-state index contributed by atoms with van der Waals surface area (Å²) in [6.07, 6.45) is 0. The molecule has 0 unspecified atom stereocenters. The van der Waals surface area contributed by atoms with Crippen LogP contribution in [0, 0.1) is 22.9 Å². The number of rotatable bonds is 2. The van der Waals surface area contributed by atoms with Gasteiger partial charge in [-0.3, -0.25) is 10.1 Å². The molecule has 0 bridgehead atoms. The Balaban J connectivity index is 2.16. The van der Waals surface area contributed by atoms with Gasteiger partial charge in [0, 0.05) is 6.07 Å². The van der Waals surface area contributed by atoms with Gasteiger partial charge in [0.1, 0.15) is 0 Å². The maximum Gasteiger partial charge on any atom is 0.305 e. The third kappa shape index (κ3) is 2.43. The highest BCUT2D eigenvalue weighted by molar-refractivity contribution is 6.13. The fourth-order valence-electron chi connectivity index (χ4n) is 3.38. The second kappa shape index (κ2) is 5.67. The Labute approximate surface area is 143 Å². The first-order valence-electron chi connectivity index (χ1n) is 7.91. The van der Waals surface area contributed by atoms with E-state index in [1.165, 1.54) is 12.1 Å². The van der Waals surface area contributed by atoms with E-state index in [1.54, 1.807) is 6.92 Å². The first-order valence-corrected chi connectivity index (χ1v) is 7.91. The van der Waals surface area contributed by atoms with Crippen LogP contribution in [-0.2, 0) is 0 Å². The predicted molar refractivity (Wildman–Crippen MR) is 98.2 cm³/mol. The average Bonchev–Trinajstić information content (AvgIpc) is 2.61. The predicted octanol–water partition coefficient (Wildman–Crippen LogP) is 6.02. The highest BCUT2D eigenvalue weighted by Gasteiger charge is 2.19. The van der Waals surface area contributed by atoms with Crippen LogP contribution in [0.2, 0.25) is 0 Å². The maximum atomic E-state index is 14.3. The van der Waals surface area contributed by atoms with Crippen molar-refractivity contribution in [3.63, 3.8) is 0 Å². The van der Waals surface area contributed by atoms with Crippen molar-refractivity contribution in [1.29, 1.82) is 0 Å². The Hall–Kier alpha value is -3.27. The number of nitrogens with zero attached hydrogens (tertiary/aromatic N) is 1. The number of hydrogen-bond acceptors (Lipinski definition) is 2. The smallest absolute Gasteiger partial charge is 0.258 e. The normalized spacial score (nSPS) is 11.1. The summed E-state index contributed by atoms with van der Waals surface area (Å²) in [5, 5.41) is 15.1. The number of fused-ring (bicyclic) bond motifs is 2. The lowest BCUT2D eigenvalue weighted by Crippen LogP contribution is -1.96. The molecule has 3 nitrogen and oxygen atoms in total. The number of hydrogen-bond donors (Lipinski definition) is 0. The largest absolute Gasteiger partial charge is 0.305 e. The van der Waals surface area contributed by atoms with Crippen molar-refractivity contribution in [3.05, 3.63) is 88.2 Å². The molecule has 4 aromatic rings. The molecule has 0 saturated heterocycles. The molecule has 0 fully saturated rings. The molecule has 4 heteroatoms. The van der Waals surface area contributed by atoms with Crippen LogP contribution in [0.25, 0.3) is 32.7 Å². The van der Waals surface area contributed by atoms with Gasteiger partial charge >= 0.3 is 5.69 Å². The van der Waals surface area contributed by atoms with E-state index in [9.17, 15) is 14.5 Å². The van der Waals surface area contributed by atoms with Gasteiger partial charge in [0.2, 0.25) is 5.82 Å². The summed E-state index contributed by atoms with van der Waals surface area (Å²) in [6.45, 7) is 1.78. The van der Waals surface area contributed by atoms with Gasteiger partial charge < -0.3 is 0 Å². The van der Waals surface area contributed by atoms with Crippen molar-refractivity contribution in [2.75, 3.05) is 0 Å². The van der Waals surface area contributed by atoms with E-state index in [0.717, 1.165) is 27.1 Å². The maximum absolute atomic E-state index is 14.3. The average molecular weight is 331 g/mol. The highest BCUT2D eigenvalue weighted by Crippen LogP contribution is 2.39. The van der Waals surface area contributed by atoms with Crippen LogP contribution in [0.5, 0.6) is 0 Å². The summed E-state index contributed by atoms with van der Waals surface area (Å²) in [7, 11) is 0. The van der Waals surface area contributed by atoms with Crippen LogP contribution in [0.4, 0.5) is 10.1 Å². The van der Waals surface area contributed by atoms with Gasteiger partial charge in [0.25, 0.3) is 0 Å². The summed E-state index contributed by atoms with van der Waals surface area (Å²) in [5.41, 5.74) is 1.76.